The van der Waals surface area contributed by atoms with E-state index in [-0.39, 0.29) is 11.8 Å². The van der Waals surface area contributed by atoms with Crippen molar-refractivity contribution in [3.63, 3.8) is 0 Å². The van der Waals surface area contributed by atoms with Crippen molar-refractivity contribution in [1.82, 2.24) is 4.98 Å². The second-order valence-corrected chi connectivity index (χ2v) is 7.04. The van der Waals surface area contributed by atoms with Gasteiger partial charge in [-0.3, -0.25) is 14.9 Å². The van der Waals surface area contributed by atoms with E-state index in [9.17, 15) is 9.59 Å². The number of benzene rings is 2. The van der Waals surface area contributed by atoms with Gasteiger partial charge in [0.15, 0.2) is 5.13 Å². The molecule has 8 heteroatoms. The molecule has 0 aliphatic heterocycles. The molecule has 0 saturated carbocycles. The van der Waals surface area contributed by atoms with Gasteiger partial charge in [0.05, 0.1) is 24.0 Å². The van der Waals surface area contributed by atoms with E-state index in [0.29, 0.717) is 32.0 Å². The van der Waals surface area contributed by atoms with Crippen molar-refractivity contribution in [2.24, 2.45) is 0 Å². The number of ether oxygens (including phenoxy) is 1. The summed E-state index contributed by atoms with van der Waals surface area (Å²) in [5.41, 5.74) is 1.84. The lowest BCUT2D eigenvalue weighted by molar-refractivity contribution is 0.102. The number of hydrogen-bond donors (Lipinski definition) is 2. The van der Waals surface area contributed by atoms with Gasteiger partial charge in [0.25, 0.3) is 11.8 Å². The van der Waals surface area contributed by atoms with Crippen LogP contribution in [0, 0.1) is 6.92 Å². The van der Waals surface area contributed by atoms with Crippen LogP contribution < -0.4 is 15.4 Å². The Balaban J connectivity index is 1.70. The average Bonchev–Trinajstić information content (AvgIpc) is 3.13. The maximum absolute atomic E-state index is 12.4. The maximum atomic E-state index is 12.4. The lowest BCUT2D eigenvalue weighted by atomic mass is 10.2. The maximum Gasteiger partial charge on any atom is 0.267 e. The summed E-state index contributed by atoms with van der Waals surface area (Å²) in [6.07, 6.45) is 1.41. The number of aromatic nitrogens is 1. The van der Waals surface area contributed by atoms with Crippen LogP contribution in [0.3, 0.4) is 0 Å². The van der Waals surface area contributed by atoms with Gasteiger partial charge in [0.1, 0.15) is 10.6 Å². The zero-order valence-corrected chi connectivity index (χ0v) is 16.1. The fourth-order valence-electron chi connectivity index (χ4n) is 2.34. The summed E-state index contributed by atoms with van der Waals surface area (Å²) < 4.78 is 5.11. The molecule has 0 atom stereocenters. The van der Waals surface area contributed by atoms with E-state index in [4.69, 9.17) is 16.3 Å². The van der Waals surface area contributed by atoms with E-state index in [1.807, 2.05) is 19.1 Å². The summed E-state index contributed by atoms with van der Waals surface area (Å²) >= 11 is 7.21. The number of anilines is 2. The standard InChI is InChI=1S/C19H16ClN3O3S/c1-11-5-3-8-14(20)16(11)22-18(25)15-10-21-19(27-15)23-17(24)12-6-4-7-13(9-12)26-2/h3-10H,1-2H3,(H,22,25)(H,21,23,24). The molecule has 0 spiro atoms. The molecule has 1 aromatic heterocycles. The molecule has 0 unspecified atom stereocenters. The van der Waals surface area contributed by atoms with Gasteiger partial charge >= 0.3 is 0 Å². The minimum Gasteiger partial charge on any atom is -0.497 e. The number of carbonyl (C=O) groups excluding carboxylic acids is 2. The average molecular weight is 402 g/mol. The van der Waals surface area contributed by atoms with Crippen LogP contribution in [0.1, 0.15) is 25.6 Å². The number of nitrogens with zero attached hydrogens (tertiary/aromatic N) is 1. The van der Waals surface area contributed by atoms with Gasteiger partial charge < -0.3 is 10.1 Å². The number of rotatable bonds is 5. The third kappa shape index (κ3) is 4.45. The van der Waals surface area contributed by atoms with Crippen LogP contribution in [0.25, 0.3) is 0 Å². The molecule has 2 N–H and O–H groups in total. The number of nitrogens with one attached hydrogen (secondary N) is 2. The third-order valence-electron chi connectivity index (χ3n) is 3.74. The molecule has 0 radical (unpaired) electrons. The first kappa shape index (κ1) is 18.9. The number of amides is 2. The second kappa shape index (κ2) is 8.20. The highest BCUT2D eigenvalue weighted by Gasteiger charge is 2.15. The van der Waals surface area contributed by atoms with E-state index >= 15 is 0 Å². The number of methoxy groups -OCH3 is 1. The van der Waals surface area contributed by atoms with Crippen LogP contribution >= 0.6 is 22.9 Å². The second-order valence-electron chi connectivity index (χ2n) is 5.60. The van der Waals surface area contributed by atoms with Gasteiger partial charge in [-0.2, -0.15) is 0 Å². The fraction of sp³-hybridized carbons (Fsp3) is 0.105. The van der Waals surface area contributed by atoms with Gasteiger partial charge in [-0.25, -0.2) is 4.98 Å². The van der Waals surface area contributed by atoms with E-state index < -0.39 is 0 Å². The Morgan fingerprint density at radius 3 is 2.63 bits per heavy atom. The molecule has 6 nitrogen and oxygen atoms in total. The zero-order chi connectivity index (χ0) is 19.4. The third-order valence-corrected chi connectivity index (χ3v) is 4.97. The Labute approximate surface area is 165 Å². The molecule has 0 bridgehead atoms. The highest BCUT2D eigenvalue weighted by Crippen LogP contribution is 2.27. The minimum atomic E-state index is -0.342. The summed E-state index contributed by atoms with van der Waals surface area (Å²) in [6.45, 7) is 1.86. The number of para-hydroxylation sites is 1. The number of thiazole rings is 1. The first-order chi connectivity index (χ1) is 13.0. The summed E-state index contributed by atoms with van der Waals surface area (Å²) in [4.78, 5) is 29.2. The molecule has 3 rings (SSSR count). The van der Waals surface area contributed by atoms with Crippen LogP contribution in [-0.4, -0.2) is 23.9 Å². The summed E-state index contributed by atoms with van der Waals surface area (Å²) in [7, 11) is 1.53. The first-order valence-electron chi connectivity index (χ1n) is 7.95. The molecule has 2 aromatic carbocycles. The van der Waals surface area contributed by atoms with Crippen LogP contribution in [0.2, 0.25) is 5.02 Å². The molecule has 138 valence electrons. The molecule has 0 saturated heterocycles. The van der Waals surface area contributed by atoms with Crippen molar-refractivity contribution in [2.75, 3.05) is 17.7 Å². The topological polar surface area (TPSA) is 80.3 Å². The van der Waals surface area contributed by atoms with Crippen LogP contribution in [0.5, 0.6) is 5.75 Å². The Kier molecular flexibility index (Phi) is 5.73. The Morgan fingerprint density at radius 1 is 1.11 bits per heavy atom. The smallest absolute Gasteiger partial charge is 0.267 e. The number of halogens is 1. The predicted molar refractivity (Wildman–Crippen MR) is 107 cm³/mol. The van der Waals surface area contributed by atoms with Gasteiger partial charge in [0.2, 0.25) is 0 Å². The van der Waals surface area contributed by atoms with Crippen LogP contribution in [0.15, 0.2) is 48.7 Å². The number of hydrogen-bond acceptors (Lipinski definition) is 5. The lowest BCUT2D eigenvalue weighted by Crippen LogP contribution is -2.12. The highest BCUT2D eigenvalue weighted by molar-refractivity contribution is 7.17. The summed E-state index contributed by atoms with van der Waals surface area (Å²) in [6, 6.07) is 12.1. The van der Waals surface area contributed by atoms with E-state index in [0.717, 1.165) is 16.9 Å². The quantitative estimate of drug-likeness (QED) is 0.653. The summed E-state index contributed by atoms with van der Waals surface area (Å²) in [5, 5.41) is 6.24. The van der Waals surface area contributed by atoms with Crippen LogP contribution in [0.4, 0.5) is 10.8 Å². The zero-order valence-electron chi connectivity index (χ0n) is 14.6. The molecule has 0 aliphatic carbocycles. The van der Waals surface area contributed by atoms with Crippen molar-refractivity contribution in [1.29, 1.82) is 0 Å². The first-order valence-corrected chi connectivity index (χ1v) is 9.15. The summed E-state index contributed by atoms with van der Waals surface area (Å²) in [5.74, 6) is -0.0975. The number of aryl methyl sites for hydroxylation is 1. The Morgan fingerprint density at radius 2 is 1.89 bits per heavy atom. The minimum absolute atomic E-state index is 0.323. The normalized spacial score (nSPS) is 10.3. The molecule has 0 fully saturated rings. The molecule has 2 amide bonds. The highest BCUT2D eigenvalue weighted by atomic mass is 35.5. The monoisotopic (exact) mass is 401 g/mol. The van der Waals surface area contributed by atoms with E-state index in [1.54, 1.807) is 30.3 Å². The Bertz CT molecular complexity index is 983. The molecular formula is C19H16ClN3O3S. The lowest BCUT2D eigenvalue weighted by Gasteiger charge is -2.08. The van der Waals surface area contributed by atoms with Crippen molar-refractivity contribution in [2.45, 2.75) is 6.92 Å². The van der Waals surface area contributed by atoms with Crippen molar-refractivity contribution < 1.29 is 14.3 Å². The molecule has 27 heavy (non-hydrogen) atoms. The van der Waals surface area contributed by atoms with Gasteiger partial charge in [0, 0.05) is 5.56 Å². The van der Waals surface area contributed by atoms with Gasteiger partial charge in [-0.15, -0.1) is 0 Å². The van der Waals surface area contributed by atoms with Gasteiger partial charge in [-0.1, -0.05) is 41.1 Å². The van der Waals surface area contributed by atoms with E-state index in [1.165, 1.54) is 13.3 Å². The molecule has 3 aromatic rings. The molecule has 0 aliphatic rings. The molecule has 1 heterocycles. The Hall–Kier alpha value is -2.90. The largest absolute Gasteiger partial charge is 0.497 e. The van der Waals surface area contributed by atoms with E-state index in [2.05, 4.69) is 15.6 Å². The van der Waals surface area contributed by atoms with Crippen LogP contribution in [-0.2, 0) is 0 Å². The SMILES string of the molecule is COc1cccc(C(=O)Nc2ncc(C(=O)Nc3c(C)cccc3Cl)s2)c1. The predicted octanol–water partition coefficient (Wildman–Crippen LogP) is 4.62. The van der Waals surface area contributed by atoms with Crippen molar-refractivity contribution >= 4 is 45.6 Å². The van der Waals surface area contributed by atoms with Gasteiger partial charge in [-0.05, 0) is 36.8 Å². The molecular weight excluding hydrogens is 386 g/mol. The van der Waals surface area contributed by atoms with Crippen molar-refractivity contribution in [3.8, 4) is 5.75 Å². The fourth-order valence-corrected chi connectivity index (χ4v) is 3.31. The number of carbonyl (C=O) groups is 2. The van der Waals surface area contributed by atoms with Crippen molar-refractivity contribution in [3.05, 3.63) is 69.7 Å².